The van der Waals surface area contributed by atoms with E-state index in [1.54, 1.807) is 30.6 Å². The van der Waals surface area contributed by atoms with Crippen molar-refractivity contribution in [3.8, 4) is 34.0 Å². The van der Waals surface area contributed by atoms with Gasteiger partial charge in [-0.2, -0.15) is 5.10 Å². The van der Waals surface area contributed by atoms with Crippen LogP contribution >= 0.6 is 0 Å². The van der Waals surface area contributed by atoms with Gasteiger partial charge in [-0.3, -0.25) is 4.98 Å². The van der Waals surface area contributed by atoms with Gasteiger partial charge in [-0.25, -0.2) is 9.07 Å². The normalized spacial score (nSPS) is 13.2. The van der Waals surface area contributed by atoms with E-state index in [4.69, 9.17) is 5.10 Å². The number of nitrogens with one attached hydrogen (secondary N) is 1. The monoisotopic (exact) mass is 440 g/mol. The summed E-state index contributed by atoms with van der Waals surface area (Å²) in [6.45, 7) is 1.44. The first-order valence-corrected chi connectivity index (χ1v) is 9.76. The van der Waals surface area contributed by atoms with Crippen LogP contribution in [0.25, 0.3) is 28.2 Å². The van der Waals surface area contributed by atoms with Crippen LogP contribution in [0.1, 0.15) is 11.1 Å². The van der Waals surface area contributed by atoms with Crippen LogP contribution in [-0.2, 0) is 13.1 Å². The van der Waals surface area contributed by atoms with Gasteiger partial charge in [0.15, 0.2) is 0 Å². The minimum atomic E-state index is -4.93. The average molecular weight is 440 g/mol. The molecule has 162 valence electrons. The fourth-order valence-electron chi connectivity index (χ4n) is 3.87. The summed E-state index contributed by atoms with van der Waals surface area (Å²) in [5, 5.41) is 8.00. The Bertz CT molecular complexity index is 1290. The highest BCUT2D eigenvalue weighted by Gasteiger charge is 2.31. The van der Waals surface area contributed by atoms with Gasteiger partial charge in [-0.1, -0.05) is 18.2 Å². The third-order valence-electron chi connectivity index (χ3n) is 5.17. The molecule has 0 atom stereocenters. The van der Waals surface area contributed by atoms with Gasteiger partial charge in [0.2, 0.25) is 0 Å². The van der Waals surface area contributed by atoms with Crippen LogP contribution in [-0.4, -0.2) is 21.1 Å². The SMILES string of the molecule is Fc1cc(OC(F)(F)F)cc(-c2cc(-c3cccc4c3CNC4)nn2-c2cccnc2)c1. The molecule has 0 aliphatic carbocycles. The predicted octanol–water partition coefficient (Wildman–Crippen LogP) is 5.24. The molecular formula is C23H16F4N4O. The van der Waals surface area contributed by atoms with Crippen molar-refractivity contribution in [2.24, 2.45) is 0 Å². The van der Waals surface area contributed by atoms with Crippen molar-refractivity contribution in [1.29, 1.82) is 0 Å². The summed E-state index contributed by atoms with van der Waals surface area (Å²) in [6, 6.07) is 14.1. The Morgan fingerprint density at radius 2 is 1.88 bits per heavy atom. The first-order valence-electron chi connectivity index (χ1n) is 9.76. The molecule has 9 heteroatoms. The van der Waals surface area contributed by atoms with E-state index in [1.807, 2.05) is 18.2 Å². The highest BCUT2D eigenvalue weighted by Crippen LogP contribution is 2.35. The molecule has 5 nitrogen and oxygen atoms in total. The molecule has 4 aromatic rings. The summed E-state index contributed by atoms with van der Waals surface area (Å²) in [5.74, 6) is -1.50. The molecule has 0 spiro atoms. The number of fused-ring (bicyclic) bond motifs is 1. The standard InChI is InChI=1S/C23H16F4N4O/c24-16-7-15(8-18(9-16)32-23(25,26)27)22-10-21(30-31(22)17-4-2-6-28-12-17)19-5-1-3-14-11-29-13-20(14)19/h1-10,12,29H,11,13H2. The second kappa shape index (κ2) is 7.76. The summed E-state index contributed by atoms with van der Waals surface area (Å²) in [5.41, 5.74) is 4.97. The highest BCUT2D eigenvalue weighted by molar-refractivity contribution is 5.74. The highest BCUT2D eigenvalue weighted by atomic mass is 19.4. The van der Waals surface area contributed by atoms with Crippen LogP contribution in [0.3, 0.4) is 0 Å². The van der Waals surface area contributed by atoms with E-state index in [9.17, 15) is 17.6 Å². The van der Waals surface area contributed by atoms with Crippen LogP contribution in [0.2, 0.25) is 0 Å². The molecule has 0 unspecified atom stereocenters. The molecule has 3 heterocycles. The van der Waals surface area contributed by atoms with E-state index in [1.165, 1.54) is 4.68 Å². The maximum absolute atomic E-state index is 14.2. The van der Waals surface area contributed by atoms with E-state index < -0.39 is 17.9 Å². The Hall–Kier alpha value is -3.72. The van der Waals surface area contributed by atoms with Gasteiger partial charge >= 0.3 is 6.36 Å². The van der Waals surface area contributed by atoms with Crippen molar-refractivity contribution in [3.05, 3.63) is 83.9 Å². The molecule has 5 rings (SSSR count). The molecule has 0 saturated carbocycles. The number of hydrogen-bond acceptors (Lipinski definition) is 4. The van der Waals surface area contributed by atoms with Gasteiger partial charge in [0.1, 0.15) is 11.6 Å². The van der Waals surface area contributed by atoms with Crippen molar-refractivity contribution < 1.29 is 22.3 Å². The molecule has 2 aromatic heterocycles. The smallest absolute Gasteiger partial charge is 0.406 e. The number of rotatable bonds is 4. The third-order valence-corrected chi connectivity index (χ3v) is 5.17. The van der Waals surface area contributed by atoms with Crippen LogP contribution in [0, 0.1) is 5.82 Å². The molecule has 0 fully saturated rings. The third kappa shape index (κ3) is 3.94. The number of benzene rings is 2. The first kappa shape index (κ1) is 20.2. The average Bonchev–Trinajstić information content (AvgIpc) is 3.40. The number of hydrogen-bond donors (Lipinski definition) is 1. The zero-order valence-corrected chi connectivity index (χ0v) is 16.5. The van der Waals surface area contributed by atoms with E-state index in [-0.39, 0.29) is 5.56 Å². The number of nitrogens with zero attached hydrogens (tertiary/aromatic N) is 3. The Labute approximate surface area is 180 Å². The molecule has 1 N–H and O–H groups in total. The molecule has 0 bridgehead atoms. The largest absolute Gasteiger partial charge is 0.573 e. The van der Waals surface area contributed by atoms with Gasteiger partial charge in [0.25, 0.3) is 0 Å². The lowest BCUT2D eigenvalue weighted by atomic mass is 10.0. The molecular weight excluding hydrogens is 424 g/mol. The lowest BCUT2D eigenvalue weighted by molar-refractivity contribution is -0.274. The fourth-order valence-corrected chi connectivity index (χ4v) is 3.87. The van der Waals surface area contributed by atoms with Gasteiger partial charge in [-0.15, -0.1) is 13.2 Å². The molecule has 0 radical (unpaired) electrons. The number of alkyl halides is 3. The van der Waals surface area contributed by atoms with Crippen molar-refractivity contribution in [1.82, 2.24) is 20.1 Å². The maximum atomic E-state index is 14.2. The van der Waals surface area contributed by atoms with Crippen LogP contribution in [0.5, 0.6) is 5.75 Å². The van der Waals surface area contributed by atoms with Gasteiger partial charge in [-0.05, 0) is 41.5 Å². The summed E-state index contributed by atoms with van der Waals surface area (Å²) in [4.78, 5) is 4.10. The van der Waals surface area contributed by atoms with Crippen molar-refractivity contribution in [2.45, 2.75) is 19.5 Å². The van der Waals surface area contributed by atoms with E-state index in [2.05, 4.69) is 15.0 Å². The van der Waals surface area contributed by atoms with Crippen LogP contribution < -0.4 is 10.1 Å². The topological polar surface area (TPSA) is 52.0 Å². The number of halogens is 4. The lowest BCUT2D eigenvalue weighted by Gasteiger charge is -2.11. The summed E-state index contributed by atoms with van der Waals surface area (Å²) >= 11 is 0. The zero-order chi connectivity index (χ0) is 22.3. The number of aromatic nitrogens is 3. The molecule has 32 heavy (non-hydrogen) atoms. The summed E-state index contributed by atoms with van der Waals surface area (Å²) in [7, 11) is 0. The first-order chi connectivity index (χ1) is 15.4. The maximum Gasteiger partial charge on any atom is 0.573 e. The zero-order valence-electron chi connectivity index (χ0n) is 16.5. The summed E-state index contributed by atoms with van der Waals surface area (Å²) in [6.07, 6.45) is -1.76. The predicted molar refractivity (Wildman–Crippen MR) is 109 cm³/mol. The van der Waals surface area contributed by atoms with Crippen LogP contribution in [0.4, 0.5) is 17.6 Å². The quantitative estimate of drug-likeness (QED) is 0.441. The van der Waals surface area contributed by atoms with Gasteiger partial charge < -0.3 is 10.1 Å². The fraction of sp³-hybridized carbons (Fsp3) is 0.130. The molecule has 1 aliphatic heterocycles. The Morgan fingerprint density at radius 3 is 2.66 bits per heavy atom. The minimum absolute atomic E-state index is 0.192. The molecule has 2 aromatic carbocycles. The molecule has 0 amide bonds. The van der Waals surface area contributed by atoms with Crippen LogP contribution in [0.15, 0.2) is 67.0 Å². The molecule has 0 saturated heterocycles. The van der Waals surface area contributed by atoms with E-state index in [0.29, 0.717) is 29.7 Å². The van der Waals surface area contributed by atoms with Crippen molar-refractivity contribution in [2.75, 3.05) is 0 Å². The Kier molecular flexibility index (Phi) is 4.90. The Balaban J connectivity index is 1.68. The van der Waals surface area contributed by atoms with Gasteiger partial charge in [0.05, 0.1) is 23.3 Å². The van der Waals surface area contributed by atoms with Crippen molar-refractivity contribution in [3.63, 3.8) is 0 Å². The van der Waals surface area contributed by atoms with Gasteiger partial charge in [0, 0.05) is 36.5 Å². The minimum Gasteiger partial charge on any atom is -0.406 e. The number of ether oxygens (including phenoxy) is 1. The summed E-state index contributed by atoms with van der Waals surface area (Å²) < 4.78 is 57.9. The number of pyridine rings is 1. The molecule has 1 aliphatic rings. The van der Waals surface area contributed by atoms with E-state index in [0.717, 1.165) is 35.4 Å². The second-order valence-electron chi connectivity index (χ2n) is 7.31. The second-order valence-corrected chi connectivity index (χ2v) is 7.31. The Morgan fingerprint density at radius 1 is 1.00 bits per heavy atom. The van der Waals surface area contributed by atoms with Crippen molar-refractivity contribution >= 4 is 0 Å². The lowest BCUT2D eigenvalue weighted by Crippen LogP contribution is -2.17. The van der Waals surface area contributed by atoms with E-state index >= 15 is 0 Å².